The van der Waals surface area contributed by atoms with E-state index >= 15 is 0 Å². The zero-order chi connectivity index (χ0) is 23.4. The molecule has 1 fully saturated rings. The second kappa shape index (κ2) is 9.90. The van der Waals surface area contributed by atoms with Crippen molar-refractivity contribution < 1.29 is 24.2 Å². The van der Waals surface area contributed by atoms with Crippen molar-refractivity contribution in [3.05, 3.63) is 64.2 Å². The third-order valence-corrected chi connectivity index (χ3v) is 5.66. The van der Waals surface area contributed by atoms with Crippen LogP contribution in [0.1, 0.15) is 55.0 Å². The molecule has 2 aromatic carbocycles. The smallest absolute Gasteiger partial charge is 0.295 e. The normalized spacial score (nSPS) is 17.7. The van der Waals surface area contributed by atoms with E-state index in [1.807, 2.05) is 58.0 Å². The number of aliphatic hydroxyl groups is 1. The molecule has 32 heavy (non-hydrogen) atoms. The number of nitrogens with zero attached hydrogens (tertiary/aromatic N) is 1. The maximum atomic E-state index is 13.2. The molecule has 170 valence electrons. The second-order valence-electron chi connectivity index (χ2n) is 8.01. The van der Waals surface area contributed by atoms with Gasteiger partial charge in [-0.3, -0.25) is 9.59 Å². The van der Waals surface area contributed by atoms with Crippen molar-refractivity contribution in [3.63, 3.8) is 0 Å². The Bertz CT molecular complexity index is 1060. The van der Waals surface area contributed by atoms with Crippen molar-refractivity contribution in [2.24, 2.45) is 0 Å². The summed E-state index contributed by atoms with van der Waals surface area (Å²) in [4.78, 5) is 27.7. The average Bonchev–Trinajstić information content (AvgIpc) is 3.02. The van der Waals surface area contributed by atoms with Crippen LogP contribution in [-0.2, 0) is 9.59 Å². The van der Waals surface area contributed by atoms with E-state index in [9.17, 15) is 14.7 Å². The summed E-state index contributed by atoms with van der Waals surface area (Å²) in [7, 11) is 1.53. The summed E-state index contributed by atoms with van der Waals surface area (Å²) >= 11 is 0. The molecule has 0 spiro atoms. The molecular weight excluding hydrogens is 406 g/mol. The van der Waals surface area contributed by atoms with Gasteiger partial charge in [-0.1, -0.05) is 31.5 Å². The SMILES string of the molecule is CCCCN1C(=O)C(=O)/C(=C(/O)c2cc(C)cc(C)c2OC)C1c1cccc(OCC)c1. The quantitative estimate of drug-likeness (QED) is 0.360. The first-order valence-corrected chi connectivity index (χ1v) is 11.0. The zero-order valence-electron chi connectivity index (χ0n) is 19.4. The lowest BCUT2D eigenvalue weighted by molar-refractivity contribution is -0.139. The number of ketones is 1. The van der Waals surface area contributed by atoms with Crippen molar-refractivity contribution >= 4 is 17.4 Å². The van der Waals surface area contributed by atoms with Crippen LogP contribution in [0.4, 0.5) is 0 Å². The molecule has 0 aromatic heterocycles. The lowest BCUT2D eigenvalue weighted by Gasteiger charge is -2.26. The number of unbranched alkanes of at least 4 members (excludes halogenated alkanes) is 1. The van der Waals surface area contributed by atoms with Gasteiger partial charge >= 0.3 is 0 Å². The van der Waals surface area contributed by atoms with E-state index in [0.717, 1.165) is 29.5 Å². The molecule has 0 aliphatic carbocycles. The average molecular weight is 438 g/mol. The number of carbonyl (C=O) groups is 2. The van der Waals surface area contributed by atoms with Crippen LogP contribution >= 0.6 is 0 Å². The lowest BCUT2D eigenvalue weighted by atomic mass is 9.93. The fourth-order valence-electron chi connectivity index (χ4n) is 4.27. The topological polar surface area (TPSA) is 76.1 Å². The van der Waals surface area contributed by atoms with Crippen molar-refractivity contribution in [1.29, 1.82) is 0 Å². The number of amides is 1. The molecule has 6 heteroatoms. The lowest BCUT2D eigenvalue weighted by Crippen LogP contribution is -2.30. The van der Waals surface area contributed by atoms with Gasteiger partial charge < -0.3 is 19.5 Å². The van der Waals surface area contributed by atoms with Crippen LogP contribution in [0.25, 0.3) is 5.76 Å². The largest absolute Gasteiger partial charge is 0.507 e. The molecule has 1 heterocycles. The van der Waals surface area contributed by atoms with Crippen LogP contribution in [0.5, 0.6) is 11.5 Å². The summed E-state index contributed by atoms with van der Waals surface area (Å²) < 4.78 is 11.2. The molecule has 3 rings (SSSR count). The minimum absolute atomic E-state index is 0.0723. The molecule has 6 nitrogen and oxygen atoms in total. The number of hydrogen-bond donors (Lipinski definition) is 1. The van der Waals surface area contributed by atoms with Gasteiger partial charge in [-0.05, 0) is 62.1 Å². The van der Waals surface area contributed by atoms with Crippen molar-refractivity contribution in [2.45, 2.75) is 46.6 Å². The number of aryl methyl sites for hydroxylation is 2. The number of carbonyl (C=O) groups excluding carboxylic acids is 2. The van der Waals surface area contributed by atoms with Gasteiger partial charge in [0.05, 0.1) is 30.9 Å². The van der Waals surface area contributed by atoms with E-state index in [4.69, 9.17) is 9.47 Å². The highest BCUT2D eigenvalue weighted by atomic mass is 16.5. The first-order valence-electron chi connectivity index (χ1n) is 11.0. The Morgan fingerprint density at radius 1 is 1.12 bits per heavy atom. The Morgan fingerprint density at radius 3 is 2.53 bits per heavy atom. The summed E-state index contributed by atoms with van der Waals surface area (Å²) in [5, 5.41) is 11.4. The number of likely N-dealkylation sites (tertiary alicyclic amines) is 1. The molecule has 1 N–H and O–H groups in total. The molecule has 1 unspecified atom stereocenters. The predicted molar refractivity (Wildman–Crippen MR) is 124 cm³/mol. The van der Waals surface area contributed by atoms with E-state index in [1.54, 1.807) is 11.0 Å². The molecule has 1 aliphatic heterocycles. The van der Waals surface area contributed by atoms with Gasteiger partial charge in [-0.2, -0.15) is 0 Å². The number of aliphatic hydroxyl groups excluding tert-OH is 1. The number of hydrogen-bond acceptors (Lipinski definition) is 5. The third kappa shape index (κ3) is 4.35. The molecule has 0 saturated carbocycles. The van der Waals surface area contributed by atoms with Gasteiger partial charge in [-0.15, -0.1) is 0 Å². The summed E-state index contributed by atoms with van der Waals surface area (Å²) in [6.45, 7) is 8.64. The summed E-state index contributed by atoms with van der Waals surface area (Å²) in [5.41, 5.74) is 2.95. The Morgan fingerprint density at radius 2 is 1.88 bits per heavy atom. The minimum atomic E-state index is -0.701. The van der Waals surface area contributed by atoms with E-state index in [1.165, 1.54) is 7.11 Å². The number of Topliss-reactive ketones (excluding diaryl/α,β-unsaturated/α-hetero) is 1. The highest BCUT2D eigenvalue weighted by Gasteiger charge is 2.46. The summed E-state index contributed by atoms with van der Waals surface area (Å²) in [5.74, 6) is -0.385. The van der Waals surface area contributed by atoms with Crippen molar-refractivity contribution in [1.82, 2.24) is 4.90 Å². The van der Waals surface area contributed by atoms with Crippen LogP contribution < -0.4 is 9.47 Å². The Kier molecular flexibility index (Phi) is 7.23. The van der Waals surface area contributed by atoms with E-state index in [2.05, 4.69) is 0 Å². The van der Waals surface area contributed by atoms with Gasteiger partial charge in [0.1, 0.15) is 17.3 Å². The first-order chi connectivity index (χ1) is 15.3. The highest BCUT2D eigenvalue weighted by molar-refractivity contribution is 6.46. The minimum Gasteiger partial charge on any atom is -0.507 e. The molecule has 2 aromatic rings. The standard InChI is InChI=1S/C26H31NO5/c1-6-8-12-27-22(18-10-9-11-19(15-18)32-7-2)21(24(29)26(27)30)23(28)20-14-16(3)13-17(4)25(20)31-5/h9-11,13-15,22,28H,6-8,12H2,1-5H3/b23-21+. The molecule has 1 aliphatic rings. The fourth-order valence-corrected chi connectivity index (χ4v) is 4.27. The van der Waals surface area contributed by atoms with E-state index in [0.29, 0.717) is 30.2 Å². The highest BCUT2D eigenvalue weighted by Crippen LogP contribution is 2.42. The van der Waals surface area contributed by atoms with Crippen LogP contribution in [-0.4, -0.2) is 42.0 Å². The van der Waals surface area contributed by atoms with Gasteiger partial charge in [0, 0.05) is 6.54 Å². The number of rotatable bonds is 8. The fraction of sp³-hybridized carbons (Fsp3) is 0.385. The van der Waals surface area contributed by atoms with Gasteiger partial charge in [0.25, 0.3) is 11.7 Å². The molecule has 1 atom stereocenters. The molecule has 1 amide bonds. The Labute approximate surface area is 189 Å². The van der Waals surface area contributed by atoms with E-state index in [-0.39, 0.29) is 11.3 Å². The summed E-state index contributed by atoms with van der Waals surface area (Å²) in [6, 6.07) is 10.4. The van der Waals surface area contributed by atoms with Gasteiger partial charge in [0.15, 0.2) is 0 Å². The maximum absolute atomic E-state index is 13.2. The van der Waals surface area contributed by atoms with Gasteiger partial charge in [0.2, 0.25) is 0 Å². The molecule has 1 saturated heterocycles. The van der Waals surface area contributed by atoms with Crippen LogP contribution in [0, 0.1) is 13.8 Å². The molecule has 0 radical (unpaired) electrons. The maximum Gasteiger partial charge on any atom is 0.295 e. The van der Waals surface area contributed by atoms with E-state index < -0.39 is 17.7 Å². The zero-order valence-corrected chi connectivity index (χ0v) is 19.4. The van der Waals surface area contributed by atoms with Crippen LogP contribution in [0.15, 0.2) is 42.0 Å². The predicted octanol–water partition coefficient (Wildman–Crippen LogP) is 4.93. The van der Waals surface area contributed by atoms with Crippen molar-refractivity contribution in [3.8, 4) is 11.5 Å². The van der Waals surface area contributed by atoms with Gasteiger partial charge in [-0.25, -0.2) is 0 Å². The Balaban J connectivity index is 2.25. The van der Waals surface area contributed by atoms with Crippen LogP contribution in [0.3, 0.4) is 0 Å². The summed E-state index contributed by atoms with van der Waals surface area (Å²) in [6.07, 6.45) is 1.63. The molecular formula is C26H31NO5. The van der Waals surface area contributed by atoms with Crippen molar-refractivity contribution in [2.75, 3.05) is 20.3 Å². The van der Waals surface area contributed by atoms with Crippen LogP contribution in [0.2, 0.25) is 0 Å². The number of benzene rings is 2. The first kappa shape index (κ1) is 23.4. The number of methoxy groups -OCH3 is 1. The Hall–Kier alpha value is -3.28. The number of ether oxygens (including phenoxy) is 2. The monoisotopic (exact) mass is 437 g/mol. The second-order valence-corrected chi connectivity index (χ2v) is 8.01. The molecule has 0 bridgehead atoms. The third-order valence-electron chi connectivity index (χ3n) is 5.66.